The molecule has 1 aromatic carbocycles. The van der Waals surface area contributed by atoms with Gasteiger partial charge in [0.15, 0.2) is 5.78 Å². The van der Waals surface area contributed by atoms with Crippen LogP contribution < -0.4 is 10.9 Å². The van der Waals surface area contributed by atoms with Crippen LogP contribution in [-0.2, 0) is 4.79 Å². The standard InChI is InChI=1S/C15H17FN2O2/c1-15(2)8-12(7-13(19)9-15)17-18-14(20)10-4-3-5-11(16)6-10/h3-7,17H,8-9H2,1-2H3,(H,18,20). The molecule has 0 fully saturated rings. The summed E-state index contributed by atoms with van der Waals surface area (Å²) in [5.41, 5.74) is 5.98. The Morgan fingerprint density at radius 1 is 1.30 bits per heavy atom. The van der Waals surface area contributed by atoms with E-state index in [1.807, 2.05) is 13.8 Å². The first kappa shape index (κ1) is 14.2. The highest BCUT2D eigenvalue weighted by molar-refractivity contribution is 5.94. The van der Waals surface area contributed by atoms with Crippen molar-refractivity contribution >= 4 is 11.7 Å². The van der Waals surface area contributed by atoms with E-state index in [9.17, 15) is 14.0 Å². The van der Waals surface area contributed by atoms with E-state index >= 15 is 0 Å². The second-order valence-corrected chi connectivity index (χ2v) is 5.74. The van der Waals surface area contributed by atoms with Gasteiger partial charge < -0.3 is 5.43 Å². The molecule has 106 valence electrons. The fourth-order valence-corrected chi connectivity index (χ4v) is 2.27. The number of halogens is 1. The van der Waals surface area contributed by atoms with Gasteiger partial charge in [-0.1, -0.05) is 19.9 Å². The summed E-state index contributed by atoms with van der Waals surface area (Å²) in [6, 6.07) is 5.41. The van der Waals surface area contributed by atoms with E-state index in [1.165, 1.54) is 24.3 Å². The molecular weight excluding hydrogens is 259 g/mol. The molecule has 0 aliphatic heterocycles. The third-order valence-corrected chi connectivity index (χ3v) is 3.08. The Morgan fingerprint density at radius 2 is 2.05 bits per heavy atom. The van der Waals surface area contributed by atoms with Gasteiger partial charge in [0.1, 0.15) is 5.82 Å². The molecule has 0 aromatic heterocycles. The Balaban J connectivity index is 1.99. The zero-order valence-electron chi connectivity index (χ0n) is 11.5. The average Bonchev–Trinajstić information content (AvgIpc) is 2.33. The minimum absolute atomic E-state index is 0.0313. The van der Waals surface area contributed by atoms with Crippen molar-refractivity contribution in [3.8, 4) is 0 Å². The van der Waals surface area contributed by atoms with E-state index in [0.29, 0.717) is 18.5 Å². The monoisotopic (exact) mass is 276 g/mol. The van der Waals surface area contributed by atoms with Crippen molar-refractivity contribution in [2.75, 3.05) is 0 Å². The molecule has 4 nitrogen and oxygen atoms in total. The van der Waals surface area contributed by atoms with Crippen molar-refractivity contribution < 1.29 is 14.0 Å². The molecule has 0 atom stereocenters. The second-order valence-electron chi connectivity index (χ2n) is 5.74. The molecule has 1 aromatic rings. The van der Waals surface area contributed by atoms with E-state index in [2.05, 4.69) is 10.9 Å². The molecule has 1 aliphatic carbocycles. The largest absolute Gasteiger partial charge is 0.302 e. The summed E-state index contributed by atoms with van der Waals surface area (Å²) >= 11 is 0. The molecule has 2 N–H and O–H groups in total. The number of hydrogen-bond donors (Lipinski definition) is 2. The maximum absolute atomic E-state index is 13.0. The Hall–Kier alpha value is -2.17. The smallest absolute Gasteiger partial charge is 0.269 e. The number of amides is 1. The molecule has 0 spiro atoms. The maximum atomic E-state index is 13.0. The van der Waals surface area contributed by atoms with Crippen LogP contribution in [0.5, 0.6) is 0 Å². The zero-order valence-corrected chi connectivity index (χ0v) is 11.5. The summed E-state index contributed by atoms with van der Waals surface area (Å²) in [7, 11) is 0. The third-order valence-electron chi connectivity index (χ3n) is 3.08. The van der Waals surface area contributed by atoms with E-state index < -0.39 is 11.7 Å². The molecule has 20 heavy (non-hydrogen) atoms. The fraction of sp³-hybridized carbons (Fsp3) is 0.333. The Bertz CT molecular complexity index is 579. The van der Waals surface area contributed by atoms with Crippen LogP contribution in [-0.4, -0.2) is 11.7 Å². The van der Waals surface area contributed by atoms with Gasteiger partial charge in [-0.2, -0.15) is 0 Å². The number of carbonyl (C=O) groups is 2. The van der Waals surface area contributed by atoms with Crippen LogP contribution in [0.1, 0.15) is 37.0 Å². The minimum Gasteiger partial charge on any atom is -0.302 e. The van der Waals surface area contributed by atoms with Gasteiger partial charge in [-0.15, -0.1) is 0 Å². The first-order valence-corrected chi connectivity index (χ1v) is 6.41. The van der Waals surface area contributed by atoms with Gasteiger partial charge in [0.2, 0.25) is 0 Å². The molecule has 0 radical (unpaired) electrons. The lowest BCUT2D eigenvalue weighted by atomic mass is 9.79. The van der Waals surface area contributed by atoms with Gasteiger partial charge in [0.25, 0.3) is 5.91 Å². The van der Waals surface area contributed by atoms with Crippen LogP contribution in [0.15, 0.2) is 36.0 Å². The van der Waals surface area contributed by atoms with Crippen molar-refractivity contribution in [2.45, 2.75) is 26.7 Å². The Morgan fingerprint density at radius 3 is 2.70 bits per heavy atom. The summed E-state index contributed by atoms with van der Waals surface area (Å²) in [6.45, 7) is 3.99. The van der Waals surface area contributed by atoms with E-state index in [4.69, 9.17) is 0 Å². The summed E-state index contributed by atoms with van der Waals surface area (Å²) < 4.78 is 13.0. The van der Waals surface area contributed by atoms with Gasteiger partial charge in [-0.3, -0.25) is 15.0 Å². The van der Waals surface area contributed by atoms with Crippen molar-refractivity contribution in [1.29, 1.82) is 0 Å². The van der Waals surface area contributed by atoms with Crippen LogP contribution in [0, 0.1) is 11.2 Å². The molecule has 0 heterocycles. The van der Waals surface area contributed by atoms with Crippen molar-refractivity contribution in [3.63, 3.8) is 0 Å². The van der Waals surface area contributed by atoms with Gasteiger partial charge in [0, 0.05) is 23.8 Å². The Kier molecular flexibility index (Phi) is 3.88. The van der Waals surface area contributed by atoms with Crippen LogP contribution in [0.2, 0.25) is 0 Å². The number of nitrogens with one attached hydrogen (secondary N) is 2. The highest BCUT2D eigenvalue weighted by Gasteiger charge is 2.27. The number of ketones is 1. The summed E-state index contributed by atoms with van der Waals surface area (Å²) in [5, 5.41) is 0. The number of hydrazine groups is 1. The molecule has 1 aliphatic rings. The lowest BCUT2D eigenvalue weighted by molar-refractivity contribution is -0.117. The van der Waals surface area contributed by atoms with Crippen LogP contribution >= 0.6 is 0 Å². The molecule has 0 saturated heterocycles. The second kappa shape index (κ2) is 5.45. The van der Waals surface area contributed by atoms with E-state index in [0.717, 1.165) is 6.07 Å². The lowest BCUT2D eigenvalue weighted by Gasteiger charge is -2.29. The predicted octanol–water partition coefficient (Wildman–Crippen LogP) is 2.33. The average molecular weight is 276 g/mol. The Labute approximate surface area is 117 Å². The van der Waals surface area contributed by atoms with Crippen molar-refractivity contribution in [1.82, 2.24) is 10.9 Å². The van der Waals surface area contributed by atoms with Crippen LogP contribution in [0.4, 0.5) is 4.39 Å². The summed E-state index contributed by atoms with van der Waals surface area (Å²) in [4.78, 5) is 23.4. The lowest BCUT2D eigenvalue weighted by Crippen LogP contribution is -2.39. The highest BCUT2D eigenvalue weighted by Crippen LogP contribution is 2.32. The first-order chi connectivity index (χ1) is 9.35. The number of allylic oxidation sites excluding steroid dienone is 2. The normalized spacial score (nSPS) is 17.4. The molecule has 0 unspecified atom stereocenters. The summed E-state index contributed by atoms with van der Waals surface area (Å²) in [6.07, 6.45) is 2.66. The zero-order chi connectivity index (χ0) is 14.8. The van der Waals surface area contributed by atoms with Crippen molar-refractivity contribution in [2.24, 2.45) is 5.41 Å². The molecule has 0 bridgehead atoms. The number of carbonyl (C=O) groups excluding carboxylic acids is 2. The van der Waals surface area contributed by atoms with Gasteiger partial charge >= 0.3 is 0 Å². The maximum Gasteiger partial charge on any atom is 0.269 e. The molecule has 2 rings (SSSR count). The fourth-order valence-electron chi connectivity index (χ4n) is 2.27. The van der Waals surface area contributed by atoms with E-state index in [-0.39, 0.29) is 16.8 Å². The van der Waals surface area contributed by atoms with Crippen LogP contribution in [0.3, 0.4) is 0 Å². The van der Waals surface area contributed by atoms with E-state index in [1.54, 1.807) is 0 Å². The molecule has 1 amide bonds. The molecule has 0 saturated carbocycles. The van der Waals surface area contributed by atoms with Crippen molar-refractivity contribution in [3.05, 3.63) is 47.4 Å². The van der Waals surface area contributed by atoms with Gasteiger partial charge in [-0.25, -0.2) is 4.39 Å². The minimum atomic E-state index is -0.467. The van der Waals surface area contributed by atoms with Gasteiger partial charge in [0.05, 0.1) is 0 Å². The molecule has 5 heteroatoms. The number of benzene rings is 1. The highest BCUT2D eigenvalue weighted by atomic mass is 19.1. The summed E-state index contributed by atoms with van der Waals surface area (Å²) in [5.74, 6) is -0.879. The quantitative estimate of drug-likeness (QED) is 0.833. The molecular formula is C15H17FN2O2. The van der Waals surface area contributed by atoms with Crippen LogP contribution in [0.25, 0.3) is 0 Å². The number of rotatable bonds is 3. The number of hydrogen-bond acceptors (Lipinski definition) is 3. The predicted molar refractivity (Wildman–Crippen MR) is 73.1 cm³/mol. The SMILES string of the molecule is CC1(C)CC(=O)C=C(NNC(=O)c2cccc(F)c2)C1. The first-order valence-electron chi connectivity index (χ1n) is 6.41. The third kappa shape index (κ3) is 3.66. The van der Waals surface area contributed by atoms with Gasteiger partial charge in [-0.05, 0) is 30.0 Å². The topological polar surface area (TPSA) is 58.2 Å².